The standard InChI is InChI=1S/C33H38F6N4O3/c1-21-14-18-43(20-21)19-15-27(44)23(12-16-32(34,35)36)24(13-17-33(37,38)39)30(45)41-29-31(46)42(2)26-11-7-6-10-25(26)28(40-29)22-8-4-3-5-9-22/h3-11,21,23-24,29H,12-20H2,1-2H3,(H,41,45)/t21?,23-,24+,29+/m0/s1. The number of benzodiazepines with no additional fused rings is 1. The molecule has 2 aromatic rings. The van der Waals surface area contributed by atoms with Crippen LogP contribution in [0.2, 0.25) is 0 Å². The lowest BCUT2D eigenvalue weighted by Crippen LogP contribution is -2.49. The summed E-state index contributed by atoms with van der Waals surface area (Å²) in [5.41, 5.74) is 1.95. The number of rotatable bonds is 12. The predicted octanol–water partition coefficient (Wildman–Crippen LogP) is 6.16. The summed E-state index contributed by atoms with van der Waals surface area (Å²) in [5.74, 6) is -5.58. The monoisotopic (exact) mass is 652 g/mol. The molecule has 1 unspecified atom stereocenters. The second-order valence-corrected chi connectivity index (χ2v) is 12.1. The lowest BCUT2D eigenvalue weighted by atomic mass is 9.80. The number of fused-ring (bicyclic) bond motifs is 1. The van der Waals surface area contributed by atoms with E-state index in [9.17, 15) is 40.7 Å². The number of halogens is 6. The van der Waals surface area contributed by atoms with Crippen LogP contribution in [0.4, 0.5) is 32.0 Å². The summed E-state index contributed by atoms with van der Waals surface area (Å²) in [5, 5.41) is 2.42. The van der Waals surface area contributed by atoms with Crippen molar-refractivity contribution in [3.63, 3.8) is 0 Å². The Morgan fingerprint density at radius 2 is 1.54 bits per heavy atom. The van der Waals surface area contributed by atoms with Crippen molar-refractivity contribution >= 4 is 29.0 Å². The summed E-state index contributed by atoms with van der Waals surface area (Å²) in [7, 11) is 1.46. The number of nitrogens with zero attached hydrogens (tertiary/aromatic N) is 3. The summed E-state index contributed by atoms with van der Waals surface area (Å²) in [6.45, 7) is 3.65. The van der Waals surface area contributed by atoms with Crippen molar-refractivity contribution in [3.05, 3.63) is 65.7 Å². The van der Waals surface area contributed by atoms with E-state index in [1.54, 1.807) is 54.6 Å². The van der Waals surface area contributed by atoms with Crippen LogP contribution in [0, 0.1) is 17.8 Å². The first-order valence-electron chi connectivity index (χ1n) is 15.3. The lowest BCUT2D eigenvalue weighted by Gasteiger charge is -2.29. The molecule has 4 rings (SSSR count). The maximum absolute atomic E-state index is 13.8. The van der Waals surface area contributed by atoms with Crippen LogP contribution in [0.5, 0.6) is 0 Å². The number of likely N-dealkylation sites (tertiary alicyclic amines) is 1. The number of hydrogen-bond donors (Lipinski definition) is 1. The van der Waals surface area contributed by atoms with Crippen molar-refractivity contribution in [2.24, 2.45) is 22.7 Å². The quantitative estimate of drug-likeness (QED) is 0.279. The Labute approximate surface area is 264 Å². The molecular formula is C33H38F6N4O3. The Hall–Kier alpha value is -3.74. The van der Waals surface area contributed by atoms with Crippen LogP contribution in [0.1, 0.15) is 56.6 Å². The Morgan fingerprint density at radius 1 is 0.935 bits per heavy atom. The van der Waals surface area contributed by atoms with Gasteiger partial charge in [-0.05, 0) is 37.8 Å². The van der Waals surface area contributed by atoms with Gasteiger partial charge < -0.3 is 15.1 Å². The van der Waals surface area contributed by atoms with Crippen molar-refractivity contribution in [2.45, 2.75) is 64.0 Å². The van der Waals surface area contributed by atoms with Crippen molar-refractivity contribution in [1.82, 2.24) is 10.2 Å². The van der Waals surface area contributed by atoms with Gasteiger partial charge >= 0.3 is 12.4 Å². The zero-order valence-corrected chi connectivity index (χ0v) is 25.7. The molecule has 13 heteroatoms. The van der Waals surface area contributed by atoms with E-state index in [0.717, 1.165) is 6.42 Å². The zero-order valence-electron chi connectivity index (χ0n) is 25.7. The van der Waals surface area contributed by atoms with Crippen LogP contribution in [-0.2, 0) is 14.4 Å². The van der Waals surface area contributed by atoms with Crippen LogP contribution in [0.3, 0.4) is 0 Å². The van der Waals surface area contributed by atoms with E-state index in [1.807, 2.05) is 11.8 Å². The highest BCUT2D eigenvalue weighted by Crippen LogP contribution is 2.34. The SMILES string of the molecule is CC1CCN(CCC(=O)[C@@H](CCC(F)(F)F)[C@@H](CCC(F)(F)F)C(=O)N[C@H]2N=C(c3ccccc3)c3ccccc3N(C)C2=O)C1. The average Bonchev–Trinajstić information content (AvgIpc) is 3.39. The highest BCUT2D eigenvalue weighted by molar-refractivity contribution is 6.20. The van der Waals surface area contributed by atoms with E-state index in [1.165, 1.54) is 11.9 Å². The summed E-state index contributed by atoms with van der Waals surface area (Å²) < 4.78 is 80.4. The number of carbonyl (C=O) groups excluding carboxylic acids is 3. The van der Waals surface area contributed by atoms with E-state index in [0.29, 0.717) is 41.5 Å². The molecule has 0 bridgehead atoms. The fraction of sp³-hybridized carbons (Fsp3) is 0.515. The number of hydrogen-bond acceptors (Lipinski definition) is 5. The van der Waals surface area contributed by atoms with Gasteiger partial charge in [-0.3, -0.25) is 14.4 Å². The molecule has 2 amide bonds. The van der Waals surface area contributed by atoms with Gasteiger partial charge in [0, 0.05) is 62.4 Å². The minimum Gasteiger partial charge on any atom is -0.326 e. The first kappa shape index (κ1) is 35.1. The Kier molecular flexibility index (Phi) is 11.3. The summed E-state index contributed by atoms with van der Waals surface area (Å²) >= 11 is 0. The zero-order chi connectivity index (χ0) is 33.6. The van der Waals surface area contributed by atoms with Crippen molar-refractivity contribution in [1.29, 1.82) is 0 Å². The number of benzene rings is 2. The number of amides is 2. The average molecular weight is 653 g/mol. The third-order valence-electron chi connectivity index (χ3n) is 8.57. The van der Waals surface area contributed by atoms with Crippen molar-refractivity contribution < 1.29 is 40.7 Å². The molecule has 4 atom stereocenters. The number of Topliss-reactive ketones (excluding diaryl/α,β-unsaturated/α-hetero) is 1. The smallest absolute Gasteiger partial charge is 0.326 e. The molecule has 250 valence electrons. The Balaban J connectivity index is 1.67. The van der Waals surface area contributed by atoms with E-state index in [2.05, 4.69) is 10.3 Å². The minimum absolute atomic E-state index is 0.207. The number of nitrogens with one attached hydrogen (secondary N) is 1. The van der Waals surface area contributed by atoms with Gasteiger partial charge in [0.25, 0.3) is 5.91 Å². The van der Waals surface area contributed by atoms with E-state index in [4.69, 9.17) is 0 Å². The third-order valence-corrected chi connectivity index (χ3v) is 8.57. The molecule has 0 spiro atoms. The molecular weight excluding hydrogens is 614 g/mol. The topological polar surface area (TPSA) is 82.1 Å². The maximum atomic E-state index is 13.8. The molecule has 7 nitrogen and oxygen atoms in total. The molecule has 0 saturated carbocycles. The molecule has 2 heterocycles. The highest BCUT2D eigenvalue weighted by atomic mass is 19.4. The molecule has 46 heavy (non-hydrogen) atoms. The van der Waals surface area contributed by atoms with Crippen molar-refractivity contribution in [2.75, 3.05) is 31.6 Å². The molecule has 0 aromatic heterocycles. The molecule has 2 aliphatic rings. The predicted molar refractivity (Wildman–Crippen MR) is 161 cm³/mol. The molecule has 0 aliphatic carbocycles. The number of aliphatic imine (C=N–C) groups is 1. The summed E-state index contributed by atoms with van der Waals surface area (Å²) in [6, 6.07) is 15.6. The summed E-state index contributed by atoms with van der Waals surface area (Å²) in [6.07, 6.45) is -15.1. The second kappa shape index (κ2) is 14.8. The van der Waals surface area contributed by atoms with Gasteiger partial charge in [0.1, 0.15) is 5.78 Å². The van der Waals surface area contributed by atoms with Crippen LogP contribution in [-0.4, -0.2) is 73.4 Å². The number of anilines is 1. The second-order valence-electron chi connectivity index (χ2n) is 12.1. The van der Waals surface area contributed by atoms with Gasteiger partial charge in [-0.1, -0.05) is 55.5 Å². The largest absolute Gasteiger partial charge is 0.389 e. The van der Waals surface area contributed by atoms with Crippen LogP contribution < -0.4 is 10.2 Å². The molecule has 0 radical (unpaired) electrons. The van der Waals surface area contributed by atoms with Gasteiger partial charge in [-0.25, -0.2) is 4.99 Å². The van der Waals surface area contributed by atoms with Crippen LogP contribution in [0.25, 0.3) is 0 Å². The molecule has 1 fully saturated rings. The van der Waals surface area contributed by atoms with E-state index in [-0.39, 0.29) is 13.0 Å². The van der Waals surface area contributed by atoms with Gasteiger partial charge in [0.15, 0.2) is 0 Å². The number of ketones is 1. The van der Waals surface area contributed by atoms with Gasteiger partial charge in [-0.15, -0.1) is 0 Å². The van der Waals surface area contributed by atoms with E-state index >= 15 is 0 Å². The Morgan fingerprint density at radius 3 is 2.15 bits per heavy atom. The molecule has 1 N–H and O–H groups in total. The fourth-order valence-electron chi connectivity index (χ4n) is 6.11. The first-order valence-corrected chi connectivity index (χ1v) is 15.3. The number of likely N-dealkylation sites (N-methyl/N-ethyl adjacent to an activating group) is 1. The van der Waals surface area contributed by atoms with Crippen molar-refractivity contribution in [3.8, 4) is 0 Å². The van der Waals surface area contributed by atoms with Gasteiger partial charge in [-0.2, -0.15) is 26.3 Å². The number of alkyl halides is 6. The minimum atomic E-state index is -4.74. The third kappa shape index (κ3) is 9.40. The lowest BCUT2D eigenvalue weighted by molar-refractivity contribution is -0.152. The van der Waals surface area contributed by atoms with Crippen LogP contribution >= 0.6 is 0 Å². The normalized spacial score (nSPS) is 20.5. The van der Waals surface area contributed by atoms with Gasteiger partial charge in [0.2, 0.25) is 12.1 Å². The maximum Gasteiger partial charge on any atom is 0.389 e. The first-order chi connectivity index (χ1) is 21.6. The highest BCUT2D eigenvalue weighted by Gasteiger charge is 2.41. The summed E-state index contributed by atoms with van der Waals surface area (Å²) in [4.78, 5) is 48.7. The molecule has 2 aliphatic heterocycles. The Bertz CT molecular complexity index is 1410. The fourth-order valence-corrected chi connectivity index (χ4v) is 6.11. The van der Waals surface area contributed by atoms with E-state index < -0.39 is 73.6 Å². The molecule has 1 saturated heterocycles. The van der Waals surface area contributed by atoms with Crippen LogP contribution in [0.15, 0.2) is 59.6 Å². The molecule has 2 aromatic carbocycles. The number of para-hydroxylation sites is 1. The number of carbonyl (C=O) groups is 3. The van der Waals surface area contributed by atoms with Gasteiger partial charge in [0.05, 0.1) is 11.4 Å².